The molecule has 1 aliphatic heterocycles. The van der Waals surface area contributed by atoms with Gasteiger partial charge in [0.25, 0.3) is 0 Å². The van der Waals surface area contributed by atoms with E-state index in [0.717, 1.165) is 36.5 Å². The molecule has 1 atom stereocenters. The Morgan fingerprint density at radius 2 is 2.00 bits per heavy atom. The van der Waals surface area contributed by atoms with Gasteiger partial charge in [-0.3, -0.25) is 9.98 Å². The van der Waals surface area contributed by atoms with Crippen LogP contribution in [0.15, 0.2) is 47.6 Å². The lowest BCUT2D eigenvalue weighted by Gasteiger charge is -2.22. The number of hydrogen-bond donors (Lipinski definition) is 2. The topological polar surface area (TPSA) is 77.8 Å². The summed E-state index contributed by atoms with van der Waals surface area (Å²) in [5.41, 5.74) is 6.11. The Morgan fingerprint density at radius 3 is 2.68 bits per heavy atom. The number of aromatic carboxylic acids is 1. The number of carboxylic acids is 1. The molecule has 0 bridgehead atoms. The number of pyridine rings is 1. The van der Waals surface area contributed by atoms with Gasteiger partial charge in [-0.15, -0.1) is 0 Å². The molecule has 0 radical (unpaired) electrons. The van der Waals surface area contributed by atoms with Gasteiger partial charge in [-0.05, 0) is 30.5 Å². The van der Waals surface area contributed by atoms with Crippen LogP contribution in [0.3, 0.4) is 0 Å². The maximum absolute atomic E-state index is 11.4. The van der Waals surface area contributed by atoms with Gasteiger partial charge in [0.05, 0.1) is 5.56 Å². The van der Waals surface area contributed by atoms with Crippen molar-refractivity contribution in [1.29, 1.82) is 0 Å². The number of hydrogen-bond acceptors (Lipinski definition) is 5. The standard InChI is InChI=1S/C22H28N4O2/c1-3-5-10-21-24-20(25-26(21)13-4-2)14-17-12-11-16(15-23-17)18-8-6-7-9-19(18)22(27)28/h6-9,11-12,15,21H,3-5,10,13-14H2,1-2H3,(H,24,25)(H,27,28). The fourth-order valence-corrected chi connectivity index (χ4v) is 3.44. The summed E-state index contributed by atoms with van der Waals surface area (Å²) in [6, 6.07) is 10.9. The van der Waals surface area contributed by atoms with Crippen molar-refractivity contribution >= 4 is 11.8 Å². The Kier molecular flexibility index (Phi) is 6.76. The van der Waals surface area contributed by atoms with Crippen LogP contribution in [0.2, 0.25) is 0 Å². The Bertz CT molecular complexity index is 833. The van der Waals surface area contributed by atoms with E-state index >= 15 is 0 Å². The van der Waals surface area contributed by atoms with E-state index in [1.54, 1.807) is 18.3 Å². The van der Waals surface area contributed by atoms with Crippen LogP contribution in [0.1, 0.15) is 55.6 Å². The Morgan fingerprint density at radius 1 is 1.18 bits per heavy atom. The smallest absolute Gasteiger partial charge is 0.336 e. The monoisotopic (exact) mass is 380 g/mol. The van der Waals surface area contributed by atoms with Crippen molar-refractivity contribution in [1.82, 2.24) is 15.4 Å². The largest absolute Gasteiger partial charge is 0.478 e. The summed E-state index contributed by atoms with van der Waals surface area (Å²) in [5, 5.41) is 11.6. The van der Waals surface area contributed by atoms with Crippen molar-refractivity contribution in [3.63, 3.8) is 0 Å². The number of amidine groups is 1. The van der Waals surface area contributed by atoms with Gasteiger partial charge >= 0.3 is 5.97 Å². The highest BCUT2D eigenvalue weighted by Gasteiger charge is 2.24. The van der Waals surface area contributed by atoms with Gasteiger partial charge in [0.2, 0.25) is 0 Å². The molecular weight excluding hydrogens is 352 g/mol. The van der Waals surface area contributed by atoms with E-state index in [0.29, 0.717) is 12.0 Å². The maximum atomic E-state index is 11.4. The van der Waals surface area contributed by atoms with Gasteiger partial charge in [0.1, 0.15) is 12.0 Å². The number of nitrogens with zero attached hydrogens (tertiary/aromatic N) is 3. The highest BCUT2D eigenvalue weighted by Crippen LogP contribution is 2.23. The first-order valence-corrected chi connectivity index (χ1v) is 10.00. The molecule has 148 valence electrons. The normalized spacial score (nSPS) is 16.6. The lowest BCUT2D eigenvalue weighted by atomic mass is 10.0. The van der Waals surface area contributed by atoms with Crippen LogP contribution < -0.4 is 5.43 Å². The molecule has 28 heavy (non-hydrogen) atoms. The Labute approximate surface area is 166 Å². The van der Waals surface area contributed by atoms with Crippen LogP contribution in [0, 0.1) is 0 Å². The van der Waals surface area contributed by atoms with Crippen LogP contribution in [0.5, 0.6) is 0 Å². The molecule has 6 heteroatoms. The molecule has 2 heterocycles. The van der Waals surface area contributed by atoms with Gasteiger partial charge in [0.15, 0.2) is 0 Å². The van der Waals surface area contributed by atoms with E-state index in [1.165, 1.54) is 12.8 Å². The zero-order valence-corrected chi connectivity index (χ0v) is 16.6. The number of carbonyl (C=O) groups is 1. The number of carboxylic acid groups (broad SMARTS) is 1. The fourth-order valence-electron chi connectivity index (χ4n) is 3.44. The fraction of sp³-hybridized carbons (Fsp3) is 0.409. The van der Waals surface area contributed by atoms with E-state index in [9.17, 15) is 9.90 Å². The summed E-state index contributed by atoms with van der Waals surface area (Å²) in [5.74, 6) is 0.0130. The second-order valence-electron chi connectivity index (χ2n) is 7.07. The van der Waals surface area contributed by atoms with E-state index in [2.05, 4.69) is 29.3 Å². The van der Waals surface area contributed by atoms with E-state index in [1.807, 2.05) is 24.3 Å². The third-order valence-electron chi connectivity index (χ3n) is 4.86. The van der Waals surface area contributed by atoms with Crippen molar-refractivity contribution in [2.24, 2.45) is 4.99 Å². The SMILES string of the molecule is CCCCC1N=C(Cc2ccc(-c3ccccc3C(=O)O)cn2)NN1CCC. The van der Waals surface area contributed by atoms with Crippen LogP contribution in [-0.4, -0.2) is 39.6 Å². The van der Waals surface area contributed by atoms with Gasteiger partial charge in [-0.25, -0.2) is 4.79 Å². The molecular formula is C22H28N4O2. The Hall–Kier alpha value is -2.73. The number of hydrazine groups is 1. The number of unbranched alkanes of at least 4 members (excludes halogenated alkanes) is 1. The number of aromatic nitrogens is 1. The average Bonchev–Trinajstić information content (AvgIpc) is 3.08. The molecule has 6 nitrogen and oxygen atoms in total. The molecule has 0 spiro atoms. The van der Waals surface area contributed by atoms with Crippen LogP contribution >= 0.6 is 0 Å². The molecule has 2 aromatic rings. The highest BCUT2D eigenvalue weighted by molar-refractivity contribution is 5.95. The number of nitrogens with one attached hydrogen (secondary N) is 1. The van der Waals surface area contributed by atoms with Crippen molar-refractivity contribution in [3.05, 3.63) is 53.9 Å². The number of benzene rings is 1. The zero-order chi connectivity index (χ0) is 19.9. The first-order valence-electron chi connectivity index (χ1n) is 10.00. The Balaban J connectivity index is 1.72. The second-order valence-corrected chi connectivity index (χ2v) is 7.07. The lowest BCUT2D eigenvalue weighted by molar-refractivity contribution is 0.0697. The predicted octanol–water partition coefficient (Wildman–Crippen LogP) is 4.13. The first-order chi connectivity index (χ1) is 13.6. The molecule has 0 amide bonds. The van der Waals surface area contributed by atoms with Gasteiger partial charge in [0, 0.05) is 30.4 Å². The lowest BCUT2D eigenvalue weighted by Crippen LogP contribution is -2.41. The molecule has 1 aromatic heterocycles. The van der Waals surface area contributed by atoms with E-state index < -0.39 is 5.97 Å². The van der Waals surface area contributed by atoms with Crippen molar-refractivity contribution in [2.45, 2.75) is 52.1 Å². The van der Waals surface area contributed by atoms with E-state index in [4.69, 9.17) is 4.99 Å². The average molecular weight is 380 g/mol. The molecule has 0 fully saturated rings. The minimum Gasteiger partial charge on any atom is -0.478 e. The molecule has 1 aliphatic rings. The molecule has 1 unspecified atom stereocenters. The number of aliphatic imine (C=N–C) groups is 1. The predicted molar refractivity (Wildman–Crippen MR) is 111 cm³/mol. The minimum absolute atomic E-state index is 0.205. The summed E-state index contributed by atoms with van der Waals surface area (Å²) < 4.78 is 0. The van der Waals surface area contributed by atoms with Crippen molar-refractivity contribution in [2.75, 3.05) is 6.54 Å². The molecule has 0 saturated heterocycles. The second kappa shape index (κ2) is 9.46. The molecule has 3 rings (SSSR count). The molecule has 0 aliphatic carbocycles. The van der Waals surface area contributed by atoms with Crippen LogP contribution in [0.4, 0.5) is 0 Å². The zero-order valence-electron chi connectivity index (χ0n) is 16.6. The quantitative estimate of drug-likeness (QED) is 0.684. The van der Waals surface area contributed by atoms with Crippen LogP contribution in [0.25, 0.3) is 11.1 Å². The number of rotatable bonds is 9. The van der Waals surface area contributed by atoms with E-state index in [-0.39, 0.29) is 11.7 Å². The first kappa shape index (κ1) is 20.0. The van der Waals surface area contributed by atoms with Gasteiger partial charge in [-0.1, -0.05) is 51.0 Å². The minimum atomic E-state index is -0.932. The summed E-state index contributed by atoms with van der Waals surface area (Å²) in [4.78, 5) is 20.8. The molecule has 0 saturated carbocycles. The summed E-state index contributed by atoms with van der Waals surface area (Å²) in [6.45, 7) is 5.34. The maximum Gasteiger partial charge on any atom is 0.336 e. The molecule has 1 aromatic carbocycles. The van der Waals surface area contributed by atoms with Gasteiger partial charge < -0.3 is 10.5 Å². The summed E-state index contributed by atoms with van der Waals surface area (Å²) >= 11 is 0. The summed E-state index contributed by atoms with van der Waals surface area (Å²) in [6.07, 6.45) is 7.06. The van der Waals surface area contributed by atoms with Crippen molar-refractivity contribution < 1.29 is 9.90 Å². The third kappa shape index (κ3) is 4.75. The third-order valence-corrected chi connectivity index (χ3v) is 4.86. The summed E-state index contributed by atoms with van der Waals surface area (Å²) in [7, 11) is 0. The molecule has 2 N–H and O–H groups in total. The van der Waals surface area contributed by atoms with Crippen molar-refractivity contribution in [3.8, 4) is 11.1 Å². The van der Waals surface area contributed by atoms with Gasteiger partial charge in [-0.2, -0.15) is 5.01 Å². The highest BCUT2D eigenvalue weighted by atomic mass is 16.4. The van der Waals surface area contributed by atoms with Crippen LogP contribution in [-0.2, 0) is 6.42 Å².